The molecular formula is C16H21FN2O2. The minimum atomic E-state index is -0.400. The molecule has 2 saturated heterocycles. The number of ether oxygens (including phenoxy) is 1. The van der Waals surface area contributed by atoms with E-state index in [-0.39, 0.29) is 11.7 Å². The number of rotatable bonds is 3. The second-order valence-corrected chi connectivity index (χ2v) is 5.70. The maximum absolute atomic E-state index is 13.5. The van der Waals surface area contributed by atoms with Gasteiger partial charge in [0.05, 0.1) is 11.4 Å². The molecule has 0 radical (unpaired) electrons. The fraction of sp³-hybridized carbons (Fsp3) is 0.562. The van der Waals surface area contributed by atoms with Crippen molar-refractivity contribution in [1.29, 1.82) is 0 Å². The Bertz CT molecular complexity index is 509. The number of benzene rings is 1. The Kier molecular flexibility index (Phi) is 4.39. The molecule has 3 rings (SSSR count). The number of piperidine rings is 1. The second kappa shape index (κ2) is 6.43. The molecule has 1 aromatic carbocycles. The number of carbonyl (C=O) groups is 1. The van der Waals surface area contributed by atoms with Crippen LogP contribution >= 0.6 is 0 Å². The topological polar surface area (TPSA) is 41.6 Å². The molecule has 1 aromatic rings. The van der Waals surface area contributed by atoms with Crippen LogP contribution in [0.2, 0.25) is 0 Å². The van der Waals surface area contributed by atoms with Crippen LogP contribution in [0.1, 0.15) is 32.1 Å². The lowest BCUT2D eigenvalue weighted by molar-refractivity contribution is -0.124. The predicted octanol–water partition coefficient (Wildman–Crippen LogP) is 2.93. The average Bonchev–Trinajstić information content (AvgIpc) is 3.03. The van der Waals surface area contributed by atoms with Crippen LogP contribution in [0, 0.1) is 5.82 Å². The van der Waals surface area contributed by atoms with Crippen molar-refractivity contribution in [3.63, 3.8) is 0 Å². The smallest absolute Gasteiger partial charge is 0.253 e. The minimum Gasteiger partial charge on any atom is -0.370 e. The average molecular weight is 292 g/mol. The van der Waals surface area contributed by atoms with Crippen LogP contribution in [0.3, 0.4) is 0 Å². The predicted molar refractivity (Wildman–Crippen MR) is 80.1 cm³/mol. The Morgan fingerprint density at radius 3 is 2.76 bits per heavy atom. The van der Waals surface area contributed by atoms with Crippen molar-refractivity contribution in [3.05, 3.63) is 24.0 Å². The lowest BCUT2D eigenvalue weighted by Crippen LogP contribution is -2.32. The zero-order valence-corrected chi connectivity index (χ0v) is 12.1. The Labute approximate surface area is 124 Å². The summed E-state index contributed by atoms with van der Waals surface area (Å²) in [5.41, 5.74) is 1.46. The van der Waals surface area contributed by atoms with E-state index in [0.717, 1.165) is 44.5 Å². The van der Waals surface area contributed by atoms with Gasteiger partial charge >= 0.3 is 0 Å². The zero-order valence-electron chi connectivity index (χ0n) is 12.1. The molecule has 5 heteroatoms. The first kappa shape index (κ1) is 14.3. The van der Waals surface area contributed by atoms with Gasteiger partial charge in [0.25, 0.3) is 5.91 Å². The summed E-state index contributed by atoms with van der Waals surface area (Å²) < 4.78 is 18.9. The van der Waals surface area contributed by atoms with Gasteiger partial charge in [-0.05, 0) is 50.3 Å². The molecule has 2 aliphatic heterocycles. The molecule has 0 unspecified atom stereocenters. The molecule has 4 nitrogen and oxygen atoms in total. The van der Waals surface area contributed by atoms with Crippen molar-refractivity contribution in [2.75, 3.05) is 29.9 Å². The summed E-state index contributed by atoms with van der Waals surface area (Å²) in [6.07, 6.45) is 4.74. The van der Waals surface area contributed by atoms with Crippen molar-refractivity contribution in [2.45, 2.75) is 38.2 Å². The highest BCUT2D eigenvalue weighted by Gasteiger charge is 2.25. The fourth-order valence-electron chi connectivity index (χ4n) is 3.02. The number of amides is 1. The molecule has 0 aliphatic carbocycles. The summed E-state index contributed by atoms with van der Waals surface area (Å²) in [7, 11) is 0. The van der Waals surface area contributed by atoms with Gasteiger partial charge in [0, 0.05) is 19.7 Å². The van der Waals surface area contributed by atoms with E-state index in [1.54, 1.807) is 6.07 Å². The third kappa shape index (κ3) is 3.35. The first-order valence-electron chi connectivity index (χ1n) is 7.71. The van der Waals surface area contributed by atoms with Gasteiger partial charge in [-0.3, -0.25) is 4.79 Å². The second-order valence-electron chi connectivity index (χ2n) is 5.70. The Morgan fingerprint density at radius 2 is 2.05 bits per heavy atom. The van der Waals surface area contributed by atoms with E-state index in [2.05, 4.69) is 10.2 Å². The molecule has 1 N–H and O–H groups in total. The maximum Gasteiger partial charge on any atom is 0.253 e. The van der Waals surface area contributed by atoms with E-state index in [1.807, 2.05) is 0 Å². The summed E-state index contributed by atoms with van der Waals surface area (Å²) in [5.74, 6) is -0.505. The third-order valence-electron chi connectivity index (χ3n) is 4.14. The standard InChI is InChI=1S/C16H21FN2O2/c17-12-6-7-14(19-8-2-1-3-9-19)13(11-12)18-16(20)15-5-4-10-21-15/h6-7,11,15H,1-5,8-10H2,(H,18,20)/t15-/m0/s1. The molecule has 0 aromatic heterocycles. The highest BCUT2D eigenvalue weighted by atomic mass is 19.1. The molecule has 114 valence electrons. The van der Waals surface area contributed by atoms with Crippen molar-refractivity contribution in [1.82, 2.24) is 0 Å². The number of nitrogens with zero attached hydrogens (tertiary/aromatic N) is 1. The molecule has 0 bridgehead atoms. The van der Waals surface area contributed by atoms with Crippen LogP contribution in [0.25, 0.3) is 0 Å². The van der Waals surface area contributed by atoms with Gasteiger partial charge in [-0.25, -0.2) is 4.39 Å². The van der Waals surface area contributed by atoms with E-state index < -0.39 is 6.10 Å². The Hall–Kier alpha value is -1.62. The number of nitrogens with one attached hydrogen (secondary N) is 1. The van der Waals surface area contributed by atoms with E-state index >= 15 is 0 Å². The summed E-state index contributed by atoms with van der Waals surface area (Å²) in [5, 5.41) is 2.84. The van der Waals surface area contributed by atoms with Crippen molar-refractivity contribution >= 4 is 17.3 Å². The monoisotopic (exact) mass is 292 g/mol. The number of halogens is 1. The number of anilines is 2. The molecule has 2 heterocycles. The van der Waals surface area contributed by atoms with E-state index in [1.165, 1.54) is 18.6 Å². The largest absolute Gasteiger partial charge is 0.370 e. The van der Waals surface area contributed by atoms with Gasteiger partial charge in [0.1, 0.15) is 11.9 Å². The lowest BCUT2D eigenvalue weighted by atomic mass is 10.1. The van der Waals surface area contributed by atoms with Crippen LogP contribution < -0.4 is 10.2 Å². The summed E-state index contributed by atoms with van der Waals surface area (Å²) >= 11 is 0. The molecule has 1 atom stereocenters. The van der Waals surface area contributed by atoms with E-state index in [4.69, 9.17) is 4.74 Å². The SMILES string of the molecule is O=C(Nc1cc(F)ccc1N1CCCCC1)[C@@H]1CCCO1. The molecular weight excluding hydrogens is 271 g/mol. The van der Waals surface area contributed by atoms with Crippen LogP contribution in [0.4, 0.5) is 15.8 Å². The quantitative estimate of drug-likeness (QED) is 0.931. The Morgan fingerprint density at radius 1 is 1.24 bits per heavy atom. The van der Waals surface area contributed by atoms with Gasteiger partial charge in [0.2, 0.25) is 0 Å². The molecule has 0 saturated carbocycles. The maximum atomic E-state index is 13.5. The van der Waals surface area contributed by atoms with Crippen LogP contribution in [0.15, 0.2) is 18.2 Å². The Balaban J connectivity index is 1.78. The molecule has 0 spiro atoms. The van der Waals surface area contributed by atoms with E-state index in [0.29, 0.717) is 12.3 Å². The minimum absolute atomic E-state index is 0.170. The van der Waals surface area contributed by atoms with E-state index in [9.17, 15) is 9.18 Å². The lowest BCUT2D eigenvalue weighted by Gasteiger charge is -2.30. The highest BCUT2D eigenvalue weighted by Crippen LogP contribution is 2.30. The fourth-order valence-corrected chi connectivity index (χ4v) is 3.02. The van der Waals surface area contributed by atoms with Crippen molar-refractivity contribution in [2.24, 2.45) is 0 Å². The van der Waals surface area contributed by atoms with Crippen LogP contribution in [0.5, 0.6) is 0 Å². The zero-order chi connectivity index (χ0) is 14.7. The first-order valence-corrected chi connectivity index (χ1v) is 7.71. The van der Waals surface area contributed by atoms with Crippen LogP contribution in [-0.2, 0) is 9.53 Å². The molecule has 21 heavy (non-hydrogen) atoms. The van der Waals surface area contributed by atoms with Gasteiger partial charge in [-0.15, -0.1) is 0 Å². The normalized spacial score (nSPS) is 22.3. The van der Waals surface area contributed by atoms with Gasteiger partial charge < -0.3 is 15.0 Å². The third-order valence-corrected chi connectivity index (χ3v) is 4.14. The summed E-state index contributed by atoms with van der Waals surface area (Å²) in [4.78, 5) is 14.4. The highest BCUT2D eigenvalue weighted by molar-refractivity contribution is 5.97. The van der Waals surface area contributed by atoms with Gasteiger partial charge in [-0.2, -0.15) is 0 Å². The molecule has 2 aliphatic rings. The molecule has 2 fully saturated rings. The number of carbonyl (C=O) groups excluding carboxylic acids is 1. The van der Waals surface area contributed by atoms with Gasteiger partial charge in [0.15, 0.2) is 0 Å². The van der Waals surface area contributed by atoms with Crippen molar-refractivity contribution in [3.8, 4) is 0 Å². The number of hydrogen-bond donors (Lipinski definition) is 1. The summed E-state index contributed by atoms with van der Waals surface area (Å²) in [6, 6.07) is 4.61. The summed E-state index contributed by atoms with van der Waals surface area (Å²) in [6.45, 7) is 2.53. The first-order chi connectivity index (χ1) is 10.2. The van der Waals surface area contributed by atoms with Crippen LogP contribution in [-0.4, -0.2) is 31.7 Å². The molecule has 1 amide bonds. The number of hydrogen-bond acceptors (Lipinski definition) is 3. The van der Waals surface area contributed by atoms with Crippen molar-refractivity contribution < 1.29 is 13.9 Å². The van der Waals surface area contributed by atoms with Gasteiger partial charge in [-0.1, -0.05) is 0 Å².